The molecule has 0 saturated heterocycles. The minimum Gasteiger partial charge on any atom is -0.505 e. The lowest BCUT2D eigenvalue weighted by Gasteiger charge is -2.28. The number of aromatic hydroxyl groups is 1. The summed E-state index contributed by atoms with van der Waals surface area (Å²) in [7, 11) is 0. The third-order valence-electron chi connectivity index (χ3n) is 6.26. The number of nitrogens with one attached hydrogen (secondary N) is 2. The van der Waals surface area contributed by atoms with E-state index in [1.165, 1.54) is 24.3 Å². The number of hydrogen-bond acceptors (Lipinski definition) is 7. The Kier molecular flexibility index (Phi) is 10.5. The second-order valence-electron chi connectivity index (χ2n) is 9.38. The molecule has 220 valence electrons. The normalized spacial score (nSPS) is 12.2. The second-order valence-corrected chi connectivity index (χ2v) is 9.38. The summed E-state index contributed by atoms with van der Waals surface area (Å²) >= 11 is 0. The number of nitrogens with two attached hydrogens (primary N) is 1. The molecule has 0 aliphatic rings. The highest BCUT2D eigenvalue weighted by Gasteiger charge is 2.30. The zero-order chi connectivity index (χ0) is 30.6. The molecule has 4 aromatic carbocycles. The predicted octanol–water partition coefficient (Wildman–Crippen LogP) is 6.14. The number of ether oxygens (including phenoxy) is 2. The van der Waals surface area contributed by atoms with Gasteiger partial charge in [0.1, 0.15) is 11.9 Å². The summed E-state index contributed by atoms with van der Waals surface area (Å²) in [5.41, 5.74) is 7.20. The number of para-hydroxylation sites is 3. The molecule has 9 nitrogen and oxygen atoms in total. The summed E-state index contributed by atoms with van der Waals surface area (Å²) in [5.74, 6) is -2.15. The monoisotopic (exact) mass is 583 g/mol. The molecule has 0 unspecified atom stereocenters. The third-order valence-corrected chi connectivity index (χ3v) is 6.26. The fourth-order valence-electron chi connectivity index (χ4n) is 4.14. The number of phenols is 1. The number of alkyl carbamates (subject to hydrolysis) is 1. The lowest BCUT2D eigenvalue weighted by molar-refractivity contribution is -0.111. The van der Waals surface area contributed by atoms with Crippen LogP contribution < -0.4 is 21.1 Å². The molecule has 0 heterocycles. The molecular weight excluding hydrogens is 553 g/mol. The Bertz CT molecular complexity index is 1580. The van der Waals surface area contributed by atoms with E-state index in [0.717, 1.165) is 12.1 Å². The molecule has 4 rings (SSSR count). The predicted molar refractivity (Wildman–Crippen MR) is 160 cm³/mol. The van der Waals surface area contributed by atoms with Crippen LogP contribution in [0, 0.1) is 5.82 Å². The highest BCUT2D eigenvalue weighted by molar-refractivity contribution is 6.03. The molecule has 0 aliphatic carbocycles. The maximum Gasteiger partial charge on any atom is 0.414 e. The lowest BCUT2D eigenvalue weighted by Crippen LogP contribution is -2.36. The van der Waals surface area contributed by atoms with E-state index in [0.29, 0.717) is 23.5 Å². The van der Waals surface area contributed by atoms with Crippen molar-refractivity contribution in [1.82, 2.24) is 5.32 Å². The number of halogens is 1. The first-order valence-corrected chi connectivity index (χ1v) is 13.4. The standard InChI is InChI=1S/C33H30FN3O6/c34-25-21-23(19-20-28(25)38)31(43-33(41)37-32(40)22-11-3-1-4-12-22)29(42-24-13-5-2-6-14-24)17-9-10-18-30(39)36-27-16-8-7-15-26(27)35/h1-8,10-16,18-21,29,31,38H,9,17,35H2,(H,36,39)(H,37,40,41)/b18-10+/t29-,31-/m1/s1. The van der Waals surface area contributed by atoms with Crippen LogP contribution in [0.4, 0.5) is 20.6 Å². The average Bonchev–Trinajstić information content (AvgIpc) is 3.01. The number of phenolic OH excluding ortho intramolecular Hbond substituents is 1. The Hall–Kier alpha value is -5.64. The summed E-state index contributed by atoms with van der Waals surface area (Å²) in [4.78, 5) is 37.9. The number of amides is 3. The SMILES string of the molecule is Nc1ccccc1NC(=O)/C=C/CC[C@@H](Oc1ccccc1)[C@H](OC(=O)NC(=O)c1ccccc1)c1ccc(O)c(F)c1. The van der Waals surface area contributed by atoms with Gasteiger partial charge in [-0.05, 0) is 73.0 Å². The van der Waals surface area contributed by atoms with Crippen molar-refractivity contribution in [3.8, 4) is 11.5 Å². The quantitative estimate of drug-likeness (QED) is 0.123. The maximum atomic E-state index is 14.4. The molecule has 0 bridgehead atoms. The molecule has 5 N–H and O–H groups in total. The first-order valence-electron chi connectivity index (χ1n) is 13.4. The summed E-state index contributed by atoms with van der Waals surface area (Å²) in [5, 5.41) is 14.6. The van der Waals surface area contributed by atoms with Gasteiger partial charge in [0.25, 0.3) is 5.91 Å². The van der Waals surface area contributed by atoms with E-state index >= 15 is 0 Å². The Balaban J connectivity index is 1.54. The van der Waals surface area contributed by atoms with Crippen LogP contribution in [-0.4, -0.2) is 29.1 Å². The minimum absolute atomic E-state index is 0.180. The molecule has 2 atom stereocenters. The van der Waals surface area contributed by atoms with E-state index in [-0.39, 0.29) is 17.5 Å². The molecule has 0 spiro atoms. The van der Waals surface area contributed by atoms with Gasteiger partial charge in [-0.15, -0.1) is 0 Å². The van der Waals surface area contributed by atoms with Gasteiger partial charge in [-0.25, -0.2) is 9.18 Å². The molecule has 0 aliphatic heterocycles. The fraction of sp³-hybridized carbons (Fsp3) is 0.121. The molecule has 0 aromatic heterocycles. The Morgan fingerprint density at radius 2 is 1.58 bits per heavy atom. The van der Waals surface area contributed by atoms with Gasteiger partial charge < -0.3 is 25.6 Å². The van der Waals surface area contributed by atoms with Crippen LogP contribution in [0.25, 0.3) is 0 Å². The lowest BCUT2D eigenvalue weighted by atomic mass is 9.99. The van der Waals surface area contributed by atoms with Crippen LogP contribution >= 0.6 is 0 Å². The number of benzene rings is 4. The number of nitrogen functional groups attached to an aromatic ring is 1. The summed E-state index contributed by atoms with van der Waals surface area (Å²) in [6.45, 7) is 0. The van der Waals surface area contributed by atoms with Gasteiger partial charge in [-0.3, -0.25) is 14.9 Å². The maximum absolute atomic E-state index is 14.4. The van der Waals surface area contributed by atoms with Crippen molar-refractivity contribution in [2.75, 3.05) is 11.1 Å². The zero-order valence-electron chi connectivity index (χ0n) is 23.0. The molecule has 4 aromatic rings. The molecule has 43 heavy (non-hydrogen) atoms. The molecule has 0 radical (unpaired) electrons. The van der Waals surface area contributed by atoms with Crippen molar-refractivity contribution < 1.29 is 33.4 Å². The first-order chi connectivity index (χ1) is 20.8. The molecular formula is C33H30FN3O6. The fourth-order valence-corrected chi connectivity index (χ4v) is 4.14. The van der Waals surface area contributed by atoms with Gasteiger partial charge in [0.15, 0.2) is 17.7 Å². The molecule has 0 fully saturated rings. The van der Waals surface area contributed by atoms with E-state index in [9.17, 15) is 23.9 Å². The van der Waals surface area contributed by atoms with Crippen molar-refractivity contribution in [3.05, 3.63) is 132 Å². The van der Waals surface area contributed by atoms with Crippen LogP contribution in [0.2, 0.25) is 0 Å². The van der Waals surface area contributed by atoms with Crippen molar-refractivity contribution in [1.29, 1.82) is 0 Å². The number of carbonyl (C=O) groups excluding carboxylic acids is 3. The summed E-state index contributed by atoms with van der Waals surface area (Å²) < 4.78 is 26.3. The van der Waals surface area contributed by atoms with Gasteiger partial charge in [-0.2, -0.15) is 0 Å². The van der Waals surface area contributed by atoms with Crippen molar-refractivity contribution >= 4 is 29.3 Å². The number of imide groups is 1. The highest BCUT2D eigenvalue weighted by Crippen LogP contribution is 2.31. The van der Waals surface area contributed by atoms with E-state index in [1.54, 1.807) is 78.9 Å². The second kappa shape index (κ2) is 14.8. The molecule has 3 amide bonds. The van der Waals surface area contributed by atoms with Crippen molar-refractivity contribution in [2.24, 2.45) is 0 Å². The Morgan fingerprint density at radius 1 is 0.907 bits per heavy atom. The van der Waals surface area contributed by atoms with Gasteiger partial charge in [0.2, 0.25) is 5.91 Å². The summed E-state index contributed by atoms with van der Waals surface area (Å²) in [6.07, 6.45) is 0.256. The number of allylic oxidation sites excluding steroid dienone is 1. The number of hydrogen-bond donors (Lipinski definition) is 4. The van der Waals surface area contributed by atoms with Crippen LogP contribution in [-0.2, 0) is 9.53 Å². The van der Waals surface area contributed by atoms with E-state index in [2.05, 4.69) is 10.6 Å². The highest BCUT2D eigenvalue weighted by atomic mass is 19.1. The zero-order valence-corrected chi connectivity index (χ0v) is 23.0. The Labute approximate surface area is 247 Å². The van der Waals surface area contributed by atoms with Gasteiger partial charge in [-0.1, -0.05) is 60.7 Å². The number of carbonyl (C=O) groups is 3. The topological polar surface area (TPSA) is 140 Å². The largest absolute Gasteiger partial charge is 0.505 e. The van der Waals surface area contributed by atoms with Gasteiger partial charge in [0.05, 0.1) is 11.4 Å². The molecule has 10 heteroatoms. The van der Waals surface area contributed by atoms with Crippen LogP contribution in [0.5, 0.6) is 11.5 Å². The van der Waals surface area contributed by atoms with Gasteiger partial charge in [0, 0.05) is 5.56 Å². The third kappa shape index (κ3) is 8.92. The Morgan fingerprint density at radius 3 is 2.28 bits per heavy atom. The van der Waals surface area contributed by atoms with E-state index < -0.39 is 41.7 Å². The van der Waals surface area contributed by atoms with E-state index in [4.69, 9.17) is 15.2 Å². The van der Waals surface area contributed by atoms with Crippen molar-refractivity contribution in [3.63, 3.8) is 0 Å². The van der Waals surface area contributed by atoms with Crippen LogP contribution in [0.15, 0.2) is 115 Å². The van der Waals surface area contributed by atoms with Crippen LogP contribution in [0.3, 0.4) is 0 Å². The number of anilines is 2. The summed E-state index contributed by atoms with van der Waals surface area (Å²) in [6, 6.07) is 27.2. The van der Waals surface area contributed by atoms with Gasteiger partial charge >= 0.3 is 6.09 Å². The van der Waals surface area contributed by atoms with Crippen LogP contribution in [0.1, 0.15) is 34.9 Å². The molecule has 0 saturated carbocycles. The smallest absolute Gasteiger partial charge is 0.414 e. The number of rotatable bonds is 11. The average molecular weight is 584 g/mol. The van der Waals surface area contributed by atoms with Crippen molar-refractivity contribution in [2.45, 2.75) is 25.0 Å². The first kappa shape index (κ1) is 30.3. The minimum atomic E-state index is -1.22. The van der Waals surface area contributed by atoms with E-state index in [1.807, 2.05) is 0 Å².